The molecule has 11 heteroatoms. The third-order valence-electron chi connectivity index (χ3n) is 6.45. The Kier molecular flexibility index (Phi) is 9.84. The molecule has 0 aliphatic carbocycles. The summed E-state index contributed by atoms with van der Waals surface area (Å²) in [5.74, 6) is 0.473. The number of methoxy groups -OCH3 is 1. The van der Waals surface area contributed by atoms with Gasteiger partial charge in [-0.1, -0.05) is 19.1 Å². The van der Waals surface area contributed by atoms with E-state index in [0.29, 0.717) is 30.5 Å². The van der Waals surface area contributed by atoms with Crippen molar-refractivity contribution in [2.75, 3.05) is 36.9 Å². The predicted octanol–water partition coefficient (Wildman–Crippen LogP) is 2.95. The number of carbonyl (C=O) groups is 2. The molecule has 3 rings (SSSR count). The van der Waals surface area contributed by atoms with E-state index in [1.807, 2.05) is 19.9 Å². The Morgan fingerprint density at radius 2 is 1.76 bits per heavy atom. The fourth-order valence-electron chi connectivity index (χ4n) is 3.92. The summed E-state index contributed by atoms with van der Waals surface area (Å²) in [5.41, 5.74) is 1.02. The van der Waals surface area contributed by atoms with Gasteiger partial charge in [0.15, 0.2) is 11.5 Å². The van der Waals surface area contributed by atoms with Crippen LogP contribution in [-0.4, -0.2) is 69.8 Å². The van der Waals surface area contributed by atoms with Gasteiger partial charge in [0.25, 0.3) is 0 Å². The van der Waals surface area contributed by atoms with Gasteiger partial charge in [-0.05, 0) is 57.0 Å². The van der Waals surface area contributed by atoms with Gasteiger partial charge in [0.1, 0.15) is 31.5 Å². The molecule has 2 atom stereocenters. The van der Waals surface area contributed by atoms with Crippen molar-refractivity contribution in [2.45, 2.75) is 52.7 Å². The summed E-state index contributed by atoms with van der Waals surface area (Å²) in [6.45, 7) is 7.34. The lowest BCUT2D eigenvalue weighted by atomic mass is 10.1. The molecule has 2 aromatic rings. The normalized spacial score (nSPS) is 14.2. The highest BCUT2D eigenvalue weighted by atomic mass is 32.2. The monoisotopic (exact) mass is 547 g/mol. The summed E-state index contributed by atoms with van der Waals surface area (Å²) in [6, 6.07) is 11.0. The van der Waals surface area contributed by atoms with E-state index in [-0.39, 0.29) is 29.9 Å². The van der Waals surface area contributed by atoms with E-state index >= 15 is 0 Å². The number of nitrogens with zero attached hydrogens (tertiary/aromatic N) is 2. The molecule has 0 bridgehead atoms. The van der Waals surface area contributed by atoms with Crippen LogP contribution < -0.4 is 23.8 Å². The summed E-state index contributed by atoms with van der Waals surface area (Å²) in [7, 11) is -2.31. The van der Waals surface area contributed by atoms with Gasteiger partial charge in [-0.15, -0.1) is 0 Å². The average Bonchev–Trinajstić information content (AvgIpc) is 2.93. The number of nitrogens with one attached hydrogen (secondary N) is 1. The summed E-state index contributed by atoms with van der Waals surface area (Å²) >= 11 is 0. The number of amides is 2. The van der Waals surface area contributed by atoms with Gasteiger partial charge in [0.2, 0.25) is 21.8 Å². The molecule has 2 amide bonds. The summed E-state index contributed by atoms with van der Waals surface area (Å²) in [6.07, 6.45) is 0.731. The third kappa shape index (κ3) is 7.09. The molecule has 10 nitrogen and oxygen atoms in total. The first-order chi connectivity index (χ1) is 18.1. The zero-order valence-electron chi connectivity index (χ0n) is 22.6. The van der Waals surface area contributed by atoms with Gasteiger partial charge in [0, 0.05) is 18.7 Å². The van der Waals surface area contributed by atoms with Crippen LogP contribution in [0, 0.1) is 0 Å². The number of hydrogen-bond donors (Lipinski definition) is 1. The fraction of sp³-hybridized carbons (Fsp3) is 0.481. The summed E-state index contributed by atoms with van der Waals surface area (Å²) in [4.78, 5) is 28.2. The van der Waals surface area contributed by atoms with Crippen molar-refractivity contribution in [3.63, 3.8) is 0 Å². The van der Waals surface area contributed by atoms with Crippen molar-refractivity contribution < 1.29 is 32.2 Å². The van der Waals surface area contributed by atoms with Crippen LogP contribution in [0.25, 0.3) is 0 Å². The number of anilines is 1. The lowest BCUT2D eigenvalue weighted by Crippen LogP contribution is -2.52. The first-order valence-corrected chi connectivity index (χ1v) is 14.3. The van der Waals surface area contributed by atoms with Crippen molar-refractivity contribution in [3.8, 4) is 17.2 Å². The Morgan fingerprint density at radius 1 is 1.05 bits per heavy atom. The number of sulfonamides is 1. The molecule has 0 fully saturated rings. The molecule has 2 aromatic carbocycles. The Hall–Kier alpha value is -3.47. The molecule has 1 aliphatic heterocycles. The van der Waals surface area contributed by atoms with Gasteiger partial charge in [0.05, 0.1) is 18.6 Å². The standard InChI is InChI=1S/C27H37N3O7S/c1-6-19(3)28-27(32)20(4)29(17-21-9-8-10-23(15-21)35-5)26(31)18-30(38(33,34)7-2)22-11-12-24-25(16-22)37-14-13-36-24/h8-12,15-16,19-20H,6-7,13-14,17-18H2,1-5H3,(H,28,32)/t19-,20+/m0/s1. The number of benzene rings is 2. The van der Waals surface area contributed by atoms with Crippen molar-refractivity contribution in [1.82, 2.24) is 10.2 Å². The molecule has 1 heterocycles. The highest BCUT2D eigenvalue weighted by Gasteiger charge is 2.32. The first-order valence-electron chi connectivity index (χ1n) is 12.7. The van der Waals surface area contributed by atoms with Crippen molar-refractivity contribution in [2.24, 2.45) is 0 Å². The van der Waals surface area contributed by atoms with Crippen LogP contribution in [0.15, 0.2) is 42.5 Å². The molecule has 0 saturated carbocycles. The van der Waals surface area contributed by atoms with E-state index in [4.69, 9.17) is 14.2 Å². The lowest BCUT2D eigenvalue weighted by molar-refractivity contribution is -0.139. The second kappa shape index (κ2) is 12.9. The largest absolute Gasteiger partial charge is 0.497 e. The predicted molar refractivity (Wildman–Crippen MR) is 145 cm³/mol. The molecular formula is C27H37N3O7S. The molecule has 0 unspecified atom stereocenters. The van der Waals surface area contributed by atoms with Gasteiger partial charge in [-0.2, -0.15) is 0 Å². The molecule has 38 heavy (non-hydrogen) atoms. The minimum Gasteiger partial charge on any atom is -0.497 e. The number of fused-ring (bicyclic) bond motifs is 1. The molecular weight excluding hydrogens is 510 g/mol. The maximum atomic E-state index is 13.8. The molecule has 0 aromatic heterocycles. The van der Waals surface area contributed by atoms with E-state index in [1.165, 1.54) is 11.8 Å². The fourth-order valence-corrected chi connectivity index (χ4v) is 4.98. The topological polar surface area (TPSA) is 114 Å². The molecule has 0 spiro atoms. The second-order valence-corrected chi connectivity index (χ2v) is 11.3. The van der Waals surface area contributed by atoms with Crippen molar-refractivity contribution in [3.05, 3.63) is 48.0 Å². The smallest absolute Gasteiger partial charge is 0.244 e. The minimum absolute atomic E-state index is 0.0756. The van der Waals surface area contributed by atoms with Crippen LogP contribution in [0.5, 0.6) is 17.2 Å². The van der Waals surface area contributed by atoms with Crippen molar-refractivity contribution >= 4 is 27.5 Å². The van der Waals surface area contributed by atoms with Crippen LogP contribution in [0.2, 0.25) is 0 Å². The maximum Gasteiger partial charge on any atom is 0.244 e. The van der Waals surface area contributed by atoms with Crippen molar-refractivity contribution in [1.29, 1.82) is 0 Å². The Morgan fingerprint density at radius 3 is 2.42 bits per heavy atom. The average molecular weight is 548 g/mol. The van der Waals surface area contributed by atoms with Crippen LogP contribution in [-0.2, 0) is 26.2 Å². The molecule has 0 saturated heterocycles. The van der Waals surface area contributed by atoms with Gasteiger partial charge >= 0.3 is 0 Å². The molecule has 0 radical (unpaired) electrons. The van der Waals surface area contributed by atoms with Gasteiger partial charge in [-0.25, -0.2) is 8.42 Å². The first kappa shape index (κ1) is 29.1. The Bertz CT molecular complexity index is 1230. The van der Waals surface area contributed by atoms with Crippen LogP contribution in [0.4, 0.5) is 5.69 Å². The Labute approximate surface area is 224 Å². The number of rotatable bonds is 12. The van der Waals surface area contributed by atoms with Crippen LogP contribution in [0.1, 0.15) is 39.7 Å². The van der Waals surface area contributed by atoms with E-state index in [0.717, 1.165) is 16.3 Å². The van der Waals surface area contributed by atoms with Gasteiger partial charge in [-0.3, -0.25) is 13.9 Å². The van der Waals surface area contributed by atoms with Crippen LogP contribution in [0.3, 0.4) is 0 Å². The van der Waals surface area contributed by atoms with Gasteiger partial charge < -0.3 is 24.4 Å². The molecule has 1 N–H and O–H groups in total. The molecule has 208 valence electrons. The summed E-state index contributed by atoms with van der Waals surface area (Å²) < 4.78 is 43.8. The third-order valence-corrected chi connectivity index (χ3v) is 8.19. The quantitative estimate of drug-likeness (QED) is 0.435. The highest BCUT2D eigenvalue weighted by Crippen LogP contribution is 2.35. The maximum absolute atomic E-state index is 13.8. The zero-order valence-corrected chi connectivity index (χ0v) is 23.4. The van der Waals surface area contributed by atoms with E-state index in [2.05, 4.69) is 5.32 Å². The second-order valence-electron chi connectivity index (χ2n) is 9.10. The zero-order chi connectivity index (χ0) is 27.9. The summed E-state index contributed by atoms with van der Waals surface area (Å²) in [5, 5.41) is 2.91. The van der Waals surface area contributed by atoms with E-state index in [1.54, 1.807) is 50.4 Å². The molecule has 1 aliphatic rings. The van der Waals surface area contributed by atoms with E-state index in [9.17, 15) is 18.0 Å². The van der Waals surface area contributed by atoms with Crippen LogP contribution >= 0.6 is 0 Å². The number of hydrogen-bond acceptors (Lipinski definition) is 7. The lowest BCUT2D eigenvalue weighted by Gasteiger charge is -2.32. The number of ether oxygens (including phenoxy) is 3. The minimum atomic E-state index is -3.85. The SMILES string of the molecule is CC[C@H](C)NC(=O)[C@@H](C)N(Cc1cccc(OC)c1)C(=O)CN(c1ccc2c(c1)OCCO2)S(=O)(=O)CC. The van der Waals surface area contributed by atoms with E-state index < -0.39 is 28.5 Å². The highest BCUT2D eigenvalue weighted by molar-refractivity contribution is 7.92. The Balaban J connectivity index is 1.95. The number of carbonyl (C=O) groups excluding carboxylic acids is 2.